The van der Waals surface area contributed by atoms with Gasteiger partial charge >= 0.3 is 0 Å². The van der Waals surface area contributed by atoms with Gasteiger partial charge in [0.25, 0.3) is 0 Å². The molecule has 0 aromatic carbocycles. The summed E-state index contributed by atoms with van der Waals surface area (Å²) in [5, 5.41) is 0. The molecule has 0 aromatic rings. The van der Waals surface area contributed by atoms with Crippen molar-refractivity contribution >= 4 is 7.85 Å². The van der Waals surface area contributed by atoms with Crippen LogP contribution < -0.4 is 0 Å². The van der Waals surface area contributed by atoms with E-state index in [1.54, 1.807) is 14.2 Å². The van der Waals surface area contributed by atoms with Crippen LogP contribution in [0.4, 0.5) is 0 Å². The SMILES string of the molecule is BC1OC(COC)C(OC)C1(C)C. The van der Waals surface area contributed by atoms with Crippen molar-refractivity contribution < 1.29 is 14.2 Å². The van der Waals surface area contributed by atoms with Gasteiger partial charge in [0.05, 0.1) is 12.7 Å². The van der Waals surface area contributed by atoms with E-state index in [9.17, 15) is 0 Å². The molecular weight excluding hydrogens is 167 g/mol. The molecule has 1 heterocycles. The average Bonchev–Trinajstić information content (AvgIpc) is 2.24. The Hall–Kier alpha value is -0.0551. The van der Waals surface area contributed by atoms with Crippen molar-refractivity contribution in [3.63, 3.8) is 0 Å². The molecule has 0 radical (unpaired) electrons. The first-order valence-corrected chi connectivity index (χ1v) is 4.71. The van der Waals surface area contributed by atoms with Crippen molar-refractivity contribution in [2.75, 3.05) is 20.8 Å². The van der Waals surface area contributed by atoms with Crippen molar-refractivity contribution in [3.8, 4) is 0 Å². The standard InChI is InChI=1S/C9H19BO3/c1-9(2)7(12-4)6(5-11-3)13-8(9)10/h6-8H,5,10H2,1-4H3. The van der Waals surface area contributed by atoms with Crippen LogP contribution in [0.5, 0.6) is 0 Å². The number of hydrogen-bond donors (Lipinski definition) is 0. The third-order valence-corrected chi connectivity index (χ3v) is 3.08. The highest BCUT2D eigenvalue weighted by atomic mass is 16.6. The lowest BCUT2D eigenvalue weighted by atomic mass is 9.73. The Morgan fingerprint density at radius 2 is 2.00 bits per heavy atom. The van der Waals surface area contributed by atoms with Crippen LogP contribution in [0.1, 0.15) is 13.8 Å². The zero-order valence-corrected chi connectivity index (χ0v) is 9.16. The Labute approximate surface area is 81.1 Å². The molecule has 0 spiro atoms. The third-order valence-electron chi connectivity index (χ3n) is 3.08. The second-order valence-electron chi connectivity index (χ2n) is 4.25. The summed E-state index contributed by atoms with van der Waals surface area (Å²) in [6, 6.07) is 0.220. The van der Waals surface area contributed by atoms with Gasteiger partial charge in [0.1, 0.15) is 14.0 Å². The van der Waals surface area contributed by atoms with Gasteiger partial charge in [-0.2, -0.15) is 0 Å². The molecule has 1 aliphatic rings. The van der Waals surface area contributed by atoms with E-state index in [2.05, 4.69) is 21.7 Å². The fraction of sp³-hybridized carbons (Fsp3) is 1.00. The summed E-state index contributed by atoms with van der Waals surface area (Å²) in [6.07, 6.45) is 0.197. The lowest BCUT2D eigenvalue weighted by Crippen LogP contribution is -2.38. The maximum Gasteiger partial charge on any atom is 0.140 e. The van der Waals surface area contributed by atoms with E-state index in [1.165, 1.54) is 0 Å². The summed E-state index contributed by atoms with van der Waals surface area (Å²) in [6.45, 7) is 4.94. The van der Waals surface area contributed by atoms with Crippen molar-refractivity contribution in [1.29, 1.82) is 0 Å². The highest BCUT2D eigenvalue weighted by molar-refractivity contribution is 6.11. The number of methoxy groups -OCH3 is 2. The van der Waals surface area contributed by atoms with Gasteiger partial charge in [-0.1, -0.05) is 13.8 Å². The smallest absolute Gasteiger partial charge is 0.140 e. The molecule has 1 saturated heterocycles. The van der Waals surface area contributed by atoms with Crippen LogP contribution in [0.2, 0.25) is 0 Å². The predicted octanol–water partition coefficient (Wildman–Crippen LogP) is 0.0320. The number of ether oxygens (including phenoxy) is 3. The fourth-order valence-corrected chi connectivity index (χ4v) is 1.97. The summed E-state index contributed by atoms with van der Waals surface area (Å²) in [5.74, 6) is 0. The van der Waals surface area contributed by atoms with Crippen LogP contribution in [0, 0.1) is 5.41 Å². The predicted molar refractivity (Wildman–Crippen MR) is 53.7 cm³/mol. The Kier molecular flexibility index (Phi) is 3.38. The molecule has 0 saturated carbocycles. The quantitative estimate of drug-likeness (QED) is 0.582. The number of hydrogen-bond acceptors (Lipinski definition) is 3. The Morgan fingerprint density at radius 3 is 2.46 bits per heavy atom. The Morgan fingerprint density at radius 1 is 1.38 bits per heavy atom. The summed E-state index contributed by atoms with van der Waals surface area (Å²) in [5.41, 5.74) is 0.0674. The summed E-state index contributed by atoms with van der Waals surface area (Å²) in [4.78, 5) is 0. The van der Waals surface area contributed by atoms with Crippen LogP contribution in [-0.2, 0) is 14.2 Å². The normalized spacial score (nSPS) is 38.0. The minimum Gasteiger partial charge on any atom is -0.382 e. The van der Waals surface area contributed by atoms with Crippen molar-refractivity contribution in [1.82, 2.24) is 0 Å². The molecule has 13 heavy (non-hydrogen) atoms. The second kappa shape index (κ2) is 3.99. The van der Waals surface area contributed by atoms with Crippen LogP contribution >= 0.6 is 0 Å². The highest BCUT2D eigenvalue weighted by Gasteiger charge is 2.48. The molecule has 0 amide bonds. The average molecular weight is 186 g/mol. The van der Waals surface area contributed by atoms with E-state index in [1.807, 2.05) is 0 Å². The van der Waals surface area contributed by atoms with Gasteiger partial charge in [0.15, 0.2) is 0 Å². The molecular formula is C9H19BO3. The van der Waals surface area contributed by atoms with Gasteiger partial charge in [-0.25, -0.2) is 0 Å². The van der Waals surface area contributed by atoms with E-state index in [4.69, 9.17) is 14.2 Å². The molecule has 1 aliphatic heterocycles. The molecule has 4 heteroatoms. The minimum absolute atomic E-state index is 0.0674. The summed E-state index contributed by atoms with van der Waals surface area (Å²) >= 11 is 0. The first kappa shape index (κ1) is 11.0. The van der Waals surface area contributed by atoms with Crippen molar-refractivity contribution in [3.05, 3.63) is 0 Å². The maximum absolute atomic E-state index is 5.77. The molecule has 0 aliphatic carbocycles. The lowest BCUT2D eigenvalue weighted by molar-refractivity contribution is -0.0384. The van der Waals surface area contributed by atoms with Crippen LogP contribution in [0.25, 0.3) is 0 Å². The van der Waals surface area contributed by atoms with Crippen LogP contribution in [0.3, 0.4) is 0 Å². The molecule has 1 rings (SSSR count). The molecule has 76 valence electrons. The van der Waals surface area contributed by atoms with E-state index >= 15 is 0 Å². The summed E-state index contributed by atoms with van der Waals surface area (Å²) in [7, 11) is 5.50. The Bertz CT molecular complexity index is 172. The highest BCUT2D eigenvalue weighted by Crippen LogP contribution is 2.38. The van der Waals surface area contributed by atoms with E-state index in [-0.39, 0.29) is 23.6 Å². The summed E-state index contributed by atoms with van der Waals surface area (Å²) < 4.78 is 16.3. The minimum atomic E-state index is 0.0674. The van der Waals surface area contributed by atoms with Crippen molar-refractivity contribution in [2.24, 2.45) is 5.41 Å². The monoisotopic (exact) mass is 186 g/mol. The second-order valence-corrected chi connectivity index (χ2v) is 4.25. The van der Waals surface area contributed by atoms with Crippen molar-refractivity contribution in [2.45, 2.75) is 32.1 Å². The zero-order chi connectivity index (χ0) is 10.1. The molecule has 0 N–H and O–H groups in total. The Balaban J connectivity index is 2.70. The largest absolute Gasteiger partial charge is 0.382 e. The van der Waals surface area contributed by atoms with Crippen LogP contribution in [-0.4, -0.2) is 46.9 Å². The zero-order valence-electron chi connectivity index (χ0n) is 9.16. The molecule has 0 aromatic heterocycles. The lowest BCUT2D eigenvalue weighted by Gasteiger charge is -2.28. The molecule has 3 unspecified atom stereocenters. The maximum atomic E-state index is 5.77. The molecule has 0 bridgehead atoms. The fourth-order valence-electron chi connectivity index (χ4n) is 1.97. The van der Waals surface area contributed by atoms with Crippen LogP contribution in [0.15, 0.2) is 0 Å². The van der Waals surface area contributed by atoms with Gasteiger partial charge in [0, 0.05) is 25.6 Å². The van der Waals surface area contributed by atoms with Gasteiger partial charge in [-0.3, -0.25) is 0 Å². The van der Waals surface area contributed by atoms with Gasteiger partial charge < -0.3 is 14.2 Å². The van der Waals surface area contributed by atoms with Gasteiger partial charge in [-0.05, 0) is 0 Å². The number of rotatable bonds is 3. The van der Waals surface area contributed by atoms with E-state index in [0.29, 0.717) is 6.61 Å². The van der Waals surface area contributed by atoms with E-state index < -0.39 is 0 Å². The molecule has 3 atom stereocenters. The third kappa shape index (κ3) is 1.90. The topological polar surface area (TPSA) is 27.7 Å². The van der Waals surface area contributed by atoms with Gasteiger partial charge in [0.2, 0.25) is 0 Å². The first-order chi connectivity index (χ1) is 6.04. The molecule has 1 fully saturated rings. The first-order valence-electron chi connectivity index (χ1n) is 4.71. The van der Waals surface area contributed by atoms with Gasteiger partial charge in [-0.15, -0.1) is 0 Å². The molecule has 3 nitrogen and oxygen atoms in total. The van der Waals surface area contributed by atoms with E-state index in [0.717, 1.165) is 0 Å².